The van der Waals surface area contributed by atoms with Crippen LogP contribution in [0.5, 0.6) is 0 Å². The quantitative estimate of drug-likeness (QED) is 0.227. The zero-order chi connectivity index (χ0) is 34.7. The number of rotatable bonds is 10. The Kier molecular flexibility index (Phi) is 10.5. The molecule has 0 bridgehead atoms. The van der Waals surface area contributed by atoms with Crippen LogP contribution in [0.15, 0.2) is 54.9 Å². The van der Waals surface area contributed by atoms with Gasteiger partial charge in [0.15, 0.2) is 5.82 Å². The molecule has 2 aliphatic carbocycles. The Balaban J connectivity index is 1.09. The molecule has 260 valence electrons. The maximum atomic E-state index is 13.3. The first-order chi connectivity index (χ1) is 23.5. The third kappa shape index (κ3) is 8.22. The van der Waals surface area contributed by atoms with E-state index in [1.807, 2.05) is 24.5 Å². The van der Waals surface area contributed by atoms with Gasteiger partial charge in [0.25, 0.3) is 5.91 Å². The van der Waals surface area contributed by atoms with Gasteiger partial charge in [0, 0.05) is 43.0 Å². The summed E-state index contributed by atoms with van der Waals surface area (Å²) in [6.07, 6.45) is 11.7. The van der Waals surface area contributed by atoms with E-state index in [0.29, 0.717) is 22.7 Å². The van der Waals surface area contributed by atoms with Gasteiger partial charge in [-0.15, -0.1) is 11.3 Å². The minimum atomic E-state index is -4.59. The average Bonchev–Trinajstić information content (AvgIpc) is 3.60. The molecule has 8 nitrogen and oxygen atoms in total. The number of thiophene rings is 1. The molecule has 2 N–H and O–H groups in total. The number of aromatic nitrogens is 2. The molecule has 3 heterocycles. The summed E-state index contributed by atoms with van der Waals surface area (Å²) in [6, 6.07) is 8.04. The van der Waals surface area contributed by atoms with E-state index < -0.39 is 40.8 Å². The second-order valence-electron chi connectivity index (χ2n) is 13.6. The number of hydrogen-bond donors (Lipinski definition) is 2. The van der Waals surface area contributed by atoms with E-state index in [4.69, 9.17) is 0 Å². The molecule has 2 fully saturated rings. The lowest BCUT2D eigenvalue weighted by Crippen LogP contribution is -2.59. The molecule has 2 aromatic heterocycles. The van der Waals surface area contributed by atoms with Gasteiger partial charge in [0.2, 0.25) is 5.91 Å². The smallest absolute Gasteiger partial charge is 0.425 e. The fourth-order valence-corrected chi connectivity index (χ4v) is 8.13. The summed E-state index contributed by atoms with van der Waals surface area (Å²) in [5.74, 6) is 0.0763. The number of carbonyl (C=O) groups is 3. The van der Waals surface area contributed by atoms with Crippen molar-refractivity contribution in [2.75, 3.05) is 13.1 Å². The Bertz CT molecular complexity index is 1670. The summed E-state index contributed by atoms with van der Waals surface area (Å²) < 4.78 is 39.3. The first-order valence-electron chi connectivity index (χ1n) is 17.1. The summed E-state index contributed by atoms with van der Waals surface area (Å²) in [5, 5.41) is 11.8. The number of amides is 2. The first-order valence-corrected chi connectivity index (χ1v) is 17.9. The van der Waals surface area contributed by atoms with Crippen LogP contribution < -0.4 is 5.32 Å². The van der Waals surface area contributed by atoms with E-state index >= 15 is 0 Å². The van der Waals surface area contributed by atoms with Gasteiger partial charge < -0.3 is 15.3 Å². The second kappa shape index (κ2) is 14.8. The Hall–Kier alpha value is -4.06. The molecule has 1 aromatic carbocycles. The van der Waals surface area contributed by atoms with Crippen LogP contribution in [-0.2, 0) is 22.2 Å². The standard InChI is InChI=1S/C37H41F3N4O4S/c1-2-22-3-7-24(8-4-22)25-11-13-26(14-12-25)28-18-41-33(42-19-28)27-9-5-23(6-10-27)17-30(35(46)44-20-29(21-44)36(47)48)43-34(45)31-15-16-32(49-31)37(38,39)40/h5-6,9-10,13,15-16,18-19,22,24-25,29-30H,2-4,7-8,11-12,14,17,20-21H2,1H3,(H,43,45)(H,47,48). The molecule has 49 heavy (non-hydrogen) atoms. The minimum absolute atomic E-state index is 0.00145. The summed E-state index contributed by atoms with van der Waals surface area (Å²) in [6.45, 7) is 2.31. The number of carbonyl (C=O) groups excluding carboxylic acids is 2. The molecule has 2 amide bonds. The summed E-state index contributed by atoms with van der Waals surface area (Å²) in [5.41, 5.74) is 3.80. The zero-order valence-corrected chi connectivity index (χ0v) is 28.2. The molecule has 3 aromatic rings. The van der Waals surface area contributed by atoms with E-state index in [1.54, 1.807) is 12.1 Å². The summed E-state index contributed by atoms with van der Waals surface area (Å²) in [7, 11) is 0. The molecule has 0 radical (unpaired) electrons. The monoisotopic (exact) mass is 694 g/mol. The summed E-state index contributed by atoms with van der Waals surface area (Å²) in [4.78, 5) is 47.0. The highest BCUT2D eigenvalue weighted by atomic mass is 32.1. The maximum absolute atomic E-state index is 13.3. The highest BCUT2D eigenvalue weighted by Gasteiger charge is 2.39. The molecular weight excluding hydrogens is 653 g/mol. The molecule has 3 aliphatic rings. The number of hydrogen-bond acceptors (Lipinski definition) is 6. The largest absolute Gasteiger partial charge is 0.481 e. The van der Waals surface area contributed by atoms with E-state index in [2.05, 4.69) is 28.3 Å². The molecule has 2 unspecified atom stereocenters. The van der Waals surface area contributed by atoms with Gasteiger partial charge >= 0.3 is 12.1 Å². The van der Waals surface area contributed by atoms with Crippen LogP contribution in [0.4, 0.5) is 13.2 Å². The van der Waals surface area contributed by atoms with Gasteiger partial charge in [-0.2, -0.15) is 13.2 Å². The topological polar surface area (TPSA) is 112 Å². The van der Waals surface area contributed by atoms with Gasteiger partial charge in [-0.25, -0.2) is 9.97 Å². The third-order valence-electron chi connectivity index (χ3n) is 10.5. The van der Waals surface area contributed by atoms with Crippen molar-refractivity contribution in [3.63, 3.8) is 0 Å². The number of allylic oxidation sites excluding steroid dienone is 2. The van der Waals surface area contributed by atoms with Crippen LogP contribution in [0.2, 0.25) is 0 Å². The van der Waals surface area contributed by atoms with Gasteiger partial charge in [-0.05, 0) is 73.1 Å². The highest BCUT2D eigenvalue weighted by Crippen LogP contribution is 2.42. The van der Waals surface area contributed by atoms with Crippen molar-refractivity contribution in [3.8, 4) is 11.4 Å². The van der Waals surface area contributed by atoms with Crippen molar-refractivity contribution in [1.29, 1.82) is 0 Å². The Labute approximate surface area is 287 Å². The van der Waals surface area contributed by atoms with Crippen molar-refractivity contribution < 1.29 is 32.7 Å². The van der Waals surface area contributed by atoms with Crippen LogP contribution >= 0.6 is 11.3 Å². The fourth-order valence-electron chi connectivity index (χ4n) is 7.36. The molecule has 1 saturated heterocycles. The minimum Gasteiger partial charge on any atom is -0.481 e. The lowest BCUT2D eigenvalue weighted by molar-refractivity contribution is -0.153. The Morgan fingerprint density at radius 2 is 1.65 bits per heavy atom. The molecule has 0 spiro atoms. The van der Waals surface area contributed by atoms with E-state index in [9.17, 15) is 32.7 Å². The highest BCUT2D eigenvalue weighted by molar-refractivity contribution is 7.14. The predicted molar refractivity (Wildman–Crippen MR) is 181 cm³/mol. The molecule has 6 rings (SSSR count). The van der Waals surface area contributed by atoms with Gasteiger partial charge in [0.05, 0.1) is 10.8 Å². The van der Waals surface area contributed by atoms with Crippen LogP contribution in [-0.4, -0.2) is 56.9 Å². The van der Waals surface area contributed by atoms with Crippen LogP contribution in [0.3, 0.4) is 0 Å². The number of halogens is 3. The van der Waals surface area contributed by atoms with Crippen LogP contribution in [0.25, 0.3) is 17.0 Å². The molecule has 2 atom stereocenters. The van der Waals surface area contributed by atoms with Crippen molar-refractivity contribution in [2.24, 2.45) is 23.7 Å². The molecule has 1 aliphatic heterocycles. The maximum Gasteiger partial charge on any atom is 0.425 e. The average molecular weight is 695 g/mol. The fraction of sp³-hybridized carbons (Fsp3) is 0.486. The lowest BCUT2D eigenvalue weighted by Gasteiger charge is -2.38. The molecule has 12 heteroatoms. The van der Waals surface area contributed by atoms with E-state index in [0.717, 1.165) is 53.9 Å². The van der Waals surface area contributed by atoms with Crippen molar-refractivity contribution in [1.82, 2.24) is 20.2 Å². The second-order valence-corrected chi connectivity index (χ2v) is 14.7. The van der Waals surface area contributed by atoms with Gasteiger partial charge in [-0.1, -0.05) is 56.5 Å². The Morgan fingerprint density at radius 1 is 0.959 bits per heavy atom. The predicted octanol–water partition coefficient (Wildman–Crippen LogP) is 7.51. The molecular formula is C37H41F3N4O4S. The van der Waals surface area contributed by atoms with Gasteiger partial charge in [0.1, 0.15) is 10.9 Å². The normalized spacial score (nSPS) is 22.2. The molecule has 1 saturated carbocycles. The van der Waals surface area contributed by atoms with Gasteiger partial charge in [-0.3, -0.25) is 14.4 Å². The number of benzene rings is 1. The number of alkyl halides is 3. The third-order valence-corrected chi connectivity index (χ3v) is 11.6. The van der Waals surface area contributed by atoms with E-state index in [1.165, 1.54) is 49.0 Å². The van der Waals surface area contributed by atoms with Crippen LogP contribution in [0.1, 0.15) is 84.0 Å². The van der Waals surface area contributed by atoms with Crippen LogP contribution in [0, 0.1) is 23.7 Å². The number of nitrogens with one attached hydrogen (secondary N) is 1. The Morgan fingerprint density at radius 3 is 2.22 bits per heavy atom. The number of likely N-dealkylation sites (tertiary alicyclic amines) is 1. The number of nitrogens with zero attached hydrogens (tertiary/aromatic N) is 3. The number of carboxylic acid groups (broad SMARTS) is 1. The number of carboxylic acids is 1. The van der Waals surface area contributed by atoms with Crippen molar-refractivity contribution in [2.45, 2.75) is 76.9 Å². The number of aliphatic carboxylic acids is 1. The zero-order valence-electron chi connectivity index (χ0n) is 27.4. The first kappa shape index (κ1) is 34.8. The summed E-state index contributed by atoms with van der Waals surface area (Å²) >= 11 is 0.299. The van der Waals surface area contributed by atoms with Crippen molar-refractivity contribution in [3.05, 3.63) is 75.7 Å². The van der Waals surface area contributed by atoms with Crippen molar-refractivity contribution >= 4 is 34.7 Å². The SMILES string of the molecule is CCC1CCC(C2CC=C(c3cnc(-c4ccc(CC(NC(=O)c5ccc(C(F)(F)F)s5)C(=O)N5CC(C(=O)O)C5)cc4)nc3)CC2)CC1. The lowest BCUT2D eigenvalue weighted by atomic mass is 9.71. The van der Waals surface area contributed by atoms with E-state index in [-0.39, 0.29) is 24.4 Å².